The molecule has 66 heavy (non-hydrogen) atoms. The summed E-state index contributed by atoms with van der Waals surface area (Å²) < 4.78 is 34.3. The molecule has 14 nitrogen and oxygen atoms in total. The van der Waals surface area contributed by atoms with Crippen LogP contribution in [0.3, 0.4) is 0 Å². The van der Waals surface area contributed by atoms with Gasteiger partial charge in [0.15, 0.2) is 12.6 Å². The number of unbranched alkanes of at least 4 members (excludes halogenated alkanes) is 24. The van der Waals surface area contributed by atoms with Crippen molar-refractivity contribution in [3.05, 3.63) is 24.3 Å². The third-order valence-electron chi connectivity index (χ3n) is 12.7. The summed E-state index contributed by atoms with van der Waals surface area (Å²) in [5.74, 6) is -0.377. The van der Waals surface area contributed by atoms with E-state index in [-0.39, 0.29) is 25.6 Å². The van der Waals surface area contributed by atoms with E-state index in [2.05, 4.69) is 38.2 Å². The molecule has 11 unspecified atom stereocenters. The topological polar surface area (TPSA) is 214 Å². The summed E-state index contributed by atoms with van der Waals surface area (Å²) in [5, 5.41) is 72.1. The lowest BCUT2D eigenvalue weighted by atomic mass is 9.98. The summed E-state index contributed by atoms with van der Waals surface area (Å²) >= 11 is 0. The van der Waals surface area contributed by atoms with Crippen LogP contribution in [-0.2, 0) is 33.2 Å². The Morgan fingerprint density at radius 1 is 0.500 bits per heavy atom. The van der Waals surface area contributed by atoms with Crippen molar-refractivity contribution in [3.63, 3.8) is 0 Å². The van der Waals surface area contributed by atoms with Crippen molar-refractivity contribution in [1.29, 1.82) is 0 Å². The maximum atomic E-state index is 13.0. The zero-order valence-corrected chi connectivity index (χ0v) is 41.2. The van der Waals surface area contributed by atoms with Crippen molar-refractivity contribution in [2.24, 2.45) is 0 Å². The molecule has 2 saturated heterocycles. The number of aliphatic hydroxyl groups is 7. The number of hydrogen-bond acceptors (Lipinski definition) is 14. The minimum absolute atomic E-state index is 0.0613. The molecule has 0 aromatic heterocycles. The lowest BCUT2D eigenvalue weighted by Gasteiger charge is -2.42. The van der Waals surface area contributed by atoms with E-state index in [0.717, 1.165) is 51.4 Å². The van der Waals surface area contributed by atoms with E-state index in [0.29, 0.717) is 13.0 Å². The van der Waals surface area contributed by atoms with Gasteiger partial charge in [-0.15, -0.1) is 0 Å². The van der Waals surface area contributed by atoms with E-state index >= 15 is 0 Å². The fourth-order valence-corrected chi connectivity index (χ4v) is 8.37. The van der Waals surface area contributed by atoms with Crippen LogP contribution in [0, 0.1) is 0 Å². The van der Waals surface area contributed by atoms with Gasteiger partial charge in [-0.25, -0.2) is 0 Å². The van der Waals surface area contributed by atoms with E-state index in [1.54, 1.807) is 0 Å². The molecule has 0 aromatic carbocycles. The molecule has 0 bridgehead atoms. The van der Waals surface area contributed by atoms with E-state index < -0.39 is 80.7 Å². The van der Waals surface area contributed by atoms with Gasteiger partial charge in [0.1, 0.15) is 54.9 Å². The number of allylic oxidation sites excluding steroid dienone is 4. The Morgan fingerprint density at radius 3 is 1.47 bits per heavy atom. The van der Waals surface area contributed by atoms with E-state index in [1.807, 2.05) is 0 Å². The minimum Gasteiger partial charge on any atom is -0.457 e. The van der Waals surface area contributed by atoms with Crippen LogP contribution < -0.4 is 0 Å². The largest absolute Gasteiger partial charge is 0.457 e. The maximum absolute atomic E-state index is 13.0. The second-order valence-electron chi connectivity index (χ2n) is 18.7. The second kappa shape index (κ2) is 40.2. The van der Waals surface area contributed by atoms with Crippen LogP contribution in [0.15, 0.2) is 24.3 Å². The summed E-state index contributed by atoms with van der Waals surface area (Å²) in [6, 6.07) is 0. The van der Waals surface area contributed by atoms with Crippen molar-refractivity contribution in [2.75, 3.05) is 33.0 Å². The molecular weight excluding hydrogens is 849 g/mol. The number of aliphatic hydroxyl groups excluding tert-OH is 7. The first kappa shape index (κ1) is 60.6. The van der Waals surface area contributed by atoms with Crippen LogP contribution in [-0.4, -0.2) is 142 Å². The van der Waals surface area contributed by atoms with Gasteiger partial charge in [0.05, 0.1) is 26.4 Å². The fraction of sp³-hybridized carbons (Fsp3) is 0.904. The van der Waals surface area contributed by atoms with Gasteiger partial charge in [0.2, 0.25) is 0 Å². The molecule has 2 aliphatic rings. The van der Waals surface area contributed by atoms with Crippen LogP contribution >= 0.6 is 0 Å². The molecule has 2 fully saturated rings. The molecule has 11 atom stereocenters. The minimum atomic E-state index is -1.70. The third-order valence-corrected chi connectivity index (χ3v) is 12.7. The Bertz CT molecular complexity index is 1190. The molecule has 388 valence electrons. The first-order valence-corrected chi connectivity index (χ1v) is 26.4. The number of carbonyl (C=O) groups is 1. The highest BCUT2D eigenvalue weighted by Gasteiger charge is 2.47. The van der Waals surface area contributed by atoms with Crippen molar-refractivity contribution < 1.29 is 69.0 Å². The smallest absolute Gasteiger partial charge is 0.306 e. The summed E-state index contributed by atoms with van der Waals surface area (Å²) in [5.41, 5.74) is 0. The Hall–Kier alpha value is -1.53. The average Bonchev–Trinajstić information content (AvgIpc) is 3.31. The van der Waals surface area contributed by atoms with E-state index in [1.165, 1.54) is 122 Å². The standard InChI is InChI=1S/C52H96O14/c1-3-5-7-9-11-13-15-17-18-19-20-21-22-24-26-28-30-32-34-36-61-38-41(64-44(54)35-33-31-29-27-25-23-16-14-12-10-8-6-4-2)39-62-51-50(60)48(58)46(56)43(66-51)40-63-52-49(59)47(57)45(55)42(37-53)65-52/h13,15,18-19,41-43,45-53,55-60H,3-12,14,16-17,20-40H2,1-2H3/b15-13-,19-18-. The monoisotopic (exact) mass is 945 g/mol. The first-order valence-electron chi connectivity index (χ1n) is 26.4. The third kappa shape index (κ3) is 27.6. The highest BCUT2D eigenvalue weighted by molar-refractivity contribution is 5.69. The quantitative estimate of drug-likeness (QED) is 0.0175. The van der Waals surface area contributed by atoms with Gasteiger partial charge in [-0.3, -0.25) is 4.79 Å². The first-order chi connectivity index (χ1) is 32.1. The molecule has 0 aliphatic carbocycles. The van der Waals surface area contributed by atoms with Crippen LogP contribution in [0.5, 0.6) is 0 Å². The summed E-state index contributed by atoms with van der Waals surface area (Å²) in [4.78, 5) is 13.0. The Labute approximate surface area is 398 Å². The molecule has 7 N–H and O–H groups in total. The predicted octanol–water partition coefficient (Wildman–Crippen LogP) is 8.02. The molecular formula is C52H96O14. The fourth-order valence-electron chi connectivity index (χ4n) is 8.37. The van der Waals surface area contributed by atoms with Gasteiger partial charge in [-0.1, -0.05) is 173 Å². The van der Waals surface area contributed by atoms with Gasteiger partial charge in [0.25, 0.3) is 0 Å². The van der Waals surface area contributed by atoms with Crippen LogP contribution in [0.2, 0.25) is 0 Å². The molecule has 0 spiro atoms. The Morgan fingerprint density at radius 2 is 0.939 bits per heavy atom. The molecule has 2 heterocycles. The molecule has 14 heteroatoms. The Balaban J connectivity index is 1.75. The number of carbonyl (C=O) groups excluding carboxylic acids is 1. The maximum Gasteiger partial charge on any atom is 0.306 e. The van der Waals surface area contributed by atoms with Crippen molar-refractivity contribution >= 4 is 5.97 Å². The SMILES string of the molecule is CCCCCC/C=C\C/C=C\CCCCCCCCCCOCC(COC1OC(COC2OC(CO)C(O)C(O)C2O)C(O)C(O)C1O)OC(=O)CCCCCCCCCCCCCCC. The van der Waals surface area contributed by atoms with Gasteiger partial charge < -0.3 is 64.2 Å². The number of rotatable bonds is 42. The normalized spacial score (nSPS) is 26.4. The molecule has 0 saturated carbocycles. The number of hydrogen-bond donors (Lipinski definition) is 7. The Kier molecular flexibility index (Phi) is 36.9. The van der Waals surface area contributed by atoms with Crippen molar-refractivity contribution in [1.82, 2.24) is 0 Å². The zero-order chi connectivity index (χ0) is 48.0. The van der Waals surface area contributed by atoms with Crippen molar-refractivity contribution in [3.8, 4) is 0 Å². The molecule has 0 aromatic rings. The molecule has 2 rings (SSSR count). The molecule has 2 aliphatic heterocycles. The number of ether oxygens (including phenoxy) is 6. The molecule has 0 radical (unpaired) electrons. The molecule has 0 amide bonds. The zero-order valence-electron chi connectivity index (χ0n) is 41.2. The average molecular weight is 945 g/mol. The van der Waals surface area contributed by atoms with Gasteiger partial charge >= 0.3 is 5.97 Å². The van der Waals surface area contributed by atoms with Gasteiger partial charge in [-0.2, -0.15) is 0 Å². The van der Waals surface area contributed by atoms with E-state index in [9.17, 15) is 40.5 Å². The highest BCUT2D eigenvalue weighted by Crippen LogP contribution is 2.26. The van der Waals surface area contributed by atoms with Crippen LogP contribution in [0.25, 0.3) is 0 Å². The van der Waals surface area contributed by atoms with Crippen molar-refractivity contribution in [2.45, 2.75) is 268 Å². The second-order valence-corrected chi connectivity index (χ2v) is 18.7. The number of esters is 1. The lowest BCUT2D eigenvalue weighted by molar-refractivity contribution is -0.332. The van der Waals surface area contributed by atoms with Crippen LogP contribution in [0.4, 0.5) is 0 Å². The highest BCUT2D eigenvalue weighted by atomic mass is 16.7. The lowest BCUT2D eigenvalue weighted by Crippen LogP contribution is -2.61. The van der Waals surface area contributed by atoms with E-state index in [4.69, 9.17) is 28.4 Å². The summed E-state index contributed by atoms with van der Waals surface area (Å²) in [7, 11) is 0. The van der Waals surface area contributed by atoms with Gasteiger partial charge in [0, 0.05) is 13.0 Å². The van der Waals surface area contributed by atoms with Gasteiger partial charge in [-0.05, 0) is 44.9 Å². The summed E-state index contributed by atoms with van der Waals surface area (Å²) in [6.45, 7) is 3.67. The predicted molar refractivity (Wildman–Crippen MR) is 257 cm³/mol. The van der Waals surface area contributed by atoms with Crippen LogP contribution in [0.1, 0.15) is 200 Å². The summed E-state index contributed by atoms with van der Waals surface area (Å²) in [6.07, 6.45) is 26.6.